The van der Waals surface area contributed by atoms with E-state index in [1.807, 2.05) is 13.0 Å². The Morgan fingerprint density at radius 3 is 2.76 bits per heavy atom. The zero-order valence-corrected chi connectivity index (χ0v) is 14.5. The van der Waals surface area contributed by atoms with Crippen molar-refractivity contribution in [1.29, 1.82) is 0 Å². The van der Waals surface area contributed by atoms with E-state index in [4.69, 9.17) is 20.5 Å². The Kier molecular flexibility index (Phi) is 4.98. The summed E-state index contributed by atoms with van der Waals surface area (Å²) >= 11 is 0. The lowest BCUT2D eigenvalue weighted by atomic mass is 10.3. The number of aromatic nitrogens is 4. The second-order valence-corrected chi connectivity index (χ2v) is 7.46. The molecule has 1 aromatic carbocycles. The fourth-order valence-corrected chi connectivity index (χ4v) is 3.27. The van der Waals surface area contributed by atoms with Gasteiger partial charge in [-0.1, -0.05) is 18.2 Å². The second kappa shape index (κ2) is 7.18. The molecule has 0 fully saturated rings. The molecule has 4 N–H and O–H groups in total. The molecule has 0 spiro atoms. The molecule has 0 unspecified atom stereocenters. The van der Waals surface area contributed by atoms with Crippen molar-refractivity contribution < 1.29 is 13.8 Å². The minimum absolute atomic E-state index is 0.202. The lowest BCUT2D eigenvalue weighted by Crippen LogP contribution is -2.19. The fraction of sp³-hybridized carbons (Fsp3) is 0.267. The number of hydrogen-bond acceptors (Lipinski definition) is 7. The largest absolute Gasteiger partial charge is 0.431 e. The van der Waals surface area contributed by atoms with Crippen molar-refractivity contribution in [2.24, 2.45) is 5.50 Å². The maximum absolute atomic E-state index is 12.3. The molecule has 0 aliphatic heterocycles. The maximum atomic E-state index is 12.3. The third kappa shape index (κ3) is 4.33. The number of benzene rings is 1. The van der Waals surface area contributed by atoms with Crippen LogP contribution in [0.2, 0.25) is 0 Å². The summed E-state index contributed by atoms with van der Waals surface area (Å²) in [5.74, 6) is 0.761. The average molecular weight is 362 g/mol. The average Bonchev–Trinajstić information content (AvgIpc) is 2.98. The Bertz CT molecular complexity index is 901. The molecule has 0 aliphatic rings. The fourth-order valence-electron chi connectivity index (χ4n) is 2.28. The van der Waals surface area contributed by atoms with Gasteiger partial charge in [0.05, 0.1) is 19.0 Å². The molecule has 10 heteroatoms. The Morgan fingerprint density at radius 1 is 1.24 bits per heavy atom. The van der Waals surface area contributed by atoms with Crippen LogP contribution in [0.5, 0.6) is 5.75 Å². The van der Waals surface area contributed by atoms with E-state index in [2.05, 4.69) is 15.0 Å². The van der Waals surface area contributed by atoms with Crippen LogP contribution in [0.25, 0.3) is 11.2 Å². The second-order valence-electron chi connectivity index (χ2n) is 5.56. The minimum Gasteiger partial charge on any atom is -0.431 e. The van der Waals surface area contributed by atoms with Crippen molar-refractivity contribution in [2.45, 2.75) is 19.6 Å². The van der Waals surface area contributed by atoms with Crippen molar-refractivity contribution >= 4 is 24.5 Å². The van der Waals surface area contributed by atoms with Gasteiger partial charge in [0.25, 0.3) is 0 Å². The summed E-state index contributed by atoms with van der Waals surface area (Å²) in [4.78, 5) is 12.3. The normalized spacial score (nSPS) is 15.0. The molecule has 0 saturated carbocycles. The molecule has 2 atom stereocenters. The summed E-state index contributed by atoms with van der Waals surface area (Å²) in [6.07, 6.45) is 2.50. The summed E-state index contributed by atoms with van der Waals surface area (Å²) < 4.78 is 25.0. The van der Waals surface area contributed by atoms with Crippen molar-refractivity contribution in [1.82, 2.24) is 19.5 Å². The molecule has 25 heavy (non-hydrogen) atoms. The van der Waals surface area contributed by atoms with Crippen molar-refractivity contribution in [3.05, 3.63) is 43.0 Å². The highest BCUT2D eigenvalue weighted by molar-refractivity contribution is 7.56. The topological polar surface area (TPSA) is 131 Å². The van der Waals surface area contributed by atoms with Gasteiger partial charge in [-0.3, -0.25) is 4.57 Å². The van der Waals surface area contributed by atoms with E-state index in [1.54, 1.807) is 35.2 Å². The van der Waals surface area contributed by atoms with Gasteiger partial charge in [-0.25, -0.2) is 20.5 Å². The van der Waals surface area contributed by atoms with E-state index in [0.717, 1.165) is 0 Å². The van der Waals surface area contributed by atoms with Gasteiger partial charge in [0, 0.05) is 0 Å². The predicted molar refractivity (Wildman–Crippen MR) is 94.0 cm³/mol. The Hall–Kier alpha value is -2.48. The van der Waals surface area contributed by atoms with Gasteiger partial charge in [0.15, 0.2) is 11.5 Å². The molecule has 0 aliphatic carbocycles. The van der Waals surface area contributed by atoms with E-state index in [1.165, 1.54) is 6.33 Å². The number of rotatable bonds is 7. The van der Waals surface area contributed by atoms with Gasteiger partial charge in [-0.05, 0) is 19.1 Å². The zero-order valence-electron chi connectivity index (χ0n) is 13.6. The highest BCUT2D eigenvalue weighted by atomic mass is 31.2. The molecule has 0 bridgehead atoms. The minimum atomic E-state index is -3.41. The summed E-state index contributed by atoms with van der Waals surface area (Å²) in [7, 11) is -3.41. The van der Waals surface area contributed by atoms with Crippen molar-refractivity contribution in [3.63, 3.8) is 0 Å². The van der Waals surface area contributed by atoms with Crippen LogP contribution in [0.3, 0.4) is 0 Å². The first-order valence-corrected chi connectivity index (χ1v) is 9.48. The maximum Gasteiger partial charge on any atom is 0.339 e. The van der Waals surface area contributed by atoms with E-state index < -0.39 is 7.52 Å². The lowest BCUT2D eigenvalue weighted by molar-refractivity contribution is 0.0830. The third-order valence-corrected chi connectivity index (χ3v) is 4.45. The SMILES string of the molecule is C[C@H](Cn1cnc2c(N)ncnc21)OC[P@@](N)(=O)Oc1ccccc1. The van der Waals surface area contributed by atoms with E-state index in [0.29, 0.717) is 29.3 Å². The lowest BCUT2D eigenvalue weighted by Gasteiger charge is -2.18. The first-order valence-electron chi connectivity index (χ1n) is 7.60. The van der Waals surface area contributed by atoms with Crippen LogP contribution in [0, 0.1) is 0 Å². The van der Waals surface area contributed by atoms with Crippen LogP contribution in [0.1, 0.15) is 6.92 Å². The third-order valence-electron chi connectivity index (χ3n) is 3.43. The molecular weight excluding hydrogens is 343 g/mol. The molecule has 3 rings (SSSR count). The monoisotopic (exact) mass is 362 g/mol. The van der Waals surface area contributed by atoms with Crippen molar-refractivity contribution in [2.75, 3.05) is 12.1 Å². The number of hydrogen-bond donors (Lipinski definition) is 2. The molecular formula is C15H19N6O3P. The summed E-state index contributed by atoms with van der Waals surface area (Å²) in [6.45, 7) is 2.27. The van der Waals surface area contributed by atoms with Gasteiger partial charge in [-0.15, -0.1) is 0 Å². The van der Waals surface area contributed by atoms with E-state index in [9.17, 15) is 4.57 Å². The van der Waals surface area contributed by atoms with Crippen molar-refractivity contribution in [3.8, 4) is 5.75 Å². The number of imidazole rings is 1. The predicted octanol–water partition coefficient (Wildman–Crippen LogP) is 2.00. The molecule has 0 amide bonds. The van der Waals surface area contributed by atoms with E-state index >= 15 is 0 Å². The zero-order chi connectivity index (χ0) is 17.9. The molecule has 132 valence electrons. The molecule has 2 heterocycles. The molecule has 3 aromatic rings. The molecule has 9 nitrogen and oxygen atoms in total. The van der Waals surface area contributed by atoms with Gasteiger partial charge in [0.1, 0.15) is 23.9 Å². The van der Waals surface area contributed by atoms with Crippen LogP contribution < -0.4 is 15.8 Å². The number of ether oxygens (including phenoxy) is 1. The summed E-state index contributed by atoms with van der Waals surface area (Å²) in [5, 5.41) is 0. The first-order chi connectivity index (χ1) is 11.9. The van der Waals surface area contributed by atoms with Gasteiger partial charge >= 0.3 is 7.52 Å². The van der Waals surface area contributed by atoms with Crippen LogP contribution in [0.15, 0.2) is 43.0 Å². The van der Waals surface area contributed by atoms with Crippen LogP contribution in [0.4, 0.5) is 5.82 Å². The van der Waals surface area contributed by atoms with Gasteiger partial charge in [0.2, 0.25) is 0 Å². The first kappa shape index (κ1) is 17.3. The Balaban J connectivity index is 1.59. The smallest absolute Gasteiger partial charge is 0.339 e. The molecule has 0 saturated heterocycles. The van der Waals surface area contributed by atoms with Gasteiger partial charge < -0.3 is 19.6 Å². The number of nitrogens with zero attached hydrogens (tertiary/aromatic N) is 4. The van der Waals surface area contributed by atoms with Crippen LogP contribution in [-0.4, -0.2) is 32.0 Å². The number of nitrogens with two attached hydrogens (primary N) is 2. The van der Waals surface area contributed by atoms with Crippen LogP contribution >= 0.6 is 7.52 Å². The number of nitrogen functional groups attached to an aromatic ring is 1. The highest BCUT2D eigenvalue weighted by Crippen LogP contribution is 2.39. The Morgan fingerprint density at radius 2 is 2.00 bits per heavy atom. The highest BCUT2D eigenvalue weighted by Gasteiger charge is 2.21. The Labute approximate surface area is 144 Å². The van der Waals surface area contributed by atoms with Crippen LogP contribution in [-0.2, 0) is 15.8 Å². The van der Waals surface area contributed by atoms with Gasteiger partial charge in [-0.2, -0.15) is 0 Å². The number of anilines is 1. The summed E-state index contributed by atoms with van der Waals surface area (Å²) in [5.41, 5.74) is 12.6. The standard InChI is InChI=1S/C15H19N6O3P/c1-11(7-21-9-20-13-14(16)18-8-19-15(13)21)23-10-25(17,22)24-12-5-3-2-4-6-12/h2-6,8-9,11H,7,10H2,1H3,(H2,17,22)(H2,16,18,19)/t11-,25-/m1/s1. The van der Waals surface area contributed by atoms with E-state index in [-0.39, 0.29) is 12.5 Å². The number of para-hydroxylation sites is 1. The quantitative estimate of drug-likeness (QED) is 0.610. The molecule has 2 aromatic heterocycles. The molecule has 0 radical (unpaired) electrons. The number of fused-ring (bicyclic) bond motifs is 1. The summed E-state index contributed by atoms with van der Waals surface area (Å²) in [6, 6.07) is 8.75.